The summed E-state index contributed by atoms with van der Waals surface area (Å²) in [5.41, 5.74) is -0.0812. The lowest BCUT2D eigenvalue weighted by atomic mass is 10.2. The number of nitrogens with one attached hydrogen (secondary N) is 1. The third kappa shape index (κ3) is 4.93. The zero-order valence-electron chi connectivity index (χ0n) is 20.5. The van der Waals surface area contributed by atoms with Gasteiger partial charge in [-0.15, -0.1) is 0 Å². The van der Waals surface area contributed by atoms with E-state index in [1.54, 1.807) is 6.26 Å². The normalized spacial score (nSPS) is 12.2. The lowest BCUT2D eigenvalue weighted by molar-refractivity contribution is 0.312. The fourth-order valence-electron chi connectivity index (χ4n) is 4.46. The van der Waals surface area contributed by atoms with Gasteiger partial charge >= 0.3 is 0 Å². The standard InChI is InChI=1S/C26H28ClFN4O2SSi/c1-26(2,3)36(17-11-7-5-8-12-17,18-13-9-6-10-14-18)34-16-15-29-23-19-21(30-25(32-23)35-4)20(28)22(27)31-24(19)33/h5-14H,15-16H2,1-4H3,(H,31,33)(H,29,30,32). The number of hydrogen-bond acceptors (Lipinski definition) is 7. The number of aromatic nitrogens is 3. The van der Waals surface area contributed by atoms with Gasteiger partial charge in [0.15, 0.2) is 16.1 Å². The number of thioether (sulfide) groups is 1. The van der Waals surface area contributed by atoms with Crippen molar-refractivity contribution in [3.63, 3.8) is 0 Å². The fourth-order valence-corrected chi connectivity index (χ4v) is 9.56. The van der Waals surface area contributed by atoms with Crippen LogP contribution in [0.2, 0.25) is 10.2 Å². The minimum atomic E-state index is -2.70. The van der Waals surface area contributed by atoms with Gasteiger partial charge in [-0.05, 0) is 21.7 Å². The van der Waals surface area contributed by atoms with Crippen molar-refractivity contribution in [3.8, 4) is 5.88 Å². The molecule has 4 aromatic rings. The Morgan fingerprint density at radius 1 is 1.00 bits per heavy atom. The van der Waals surface area contributed by atoms with Crippen molar-refractivity contribution in [3.05, 3.63) is 71.6 Å². The molecule has 0 bridgehead atoms. The summed E-state index contributed by atoms with van der Waals surface area (Å²) in [6, 6.07) is 20.7. The molecule has 6 nitrogen and oxygen atoms in total. The third-order valence-corrected chi connectivity index (χ3v) is 11.9. The van der Waals surface area contributed by atoms with E-state index < -0.39 is 25.2 Å². The Kier molecular flexibility index (Phi) is 7.84. The Bertz CT molecular complexity index is 1320. The number of rotatable bonds is 8. The van der Waals surface area contributed by atoms with Crippen LogP contribution in [0.1, 0.15) is 20.8 Å². The molecule has 2 aromatic heterocycles. The van der Waals surface area contributed by atoms with Crippen LogP contribution in [0.5, 0.6) is 5.88 Å². The van der Waals surface area contributed by atoms with E-state index in [1.807, 2.05) is 36.4 Å². The minimum Gasteiger partial charge on any atom is -0.493 e. The molecule has 0 saturated carbocycles. The molecule has 2 heterocycles. The number of pyridine rings is 1. The Morgan fingerprint density at radius 3 is 2.11 bits per heavy atom. The topological polar surface area (TPSA) is 80.2 Å². The Morgan fingerprint density at radius 2 is 1.58 bits per heavy atom. The van der Waals surface area contributed by atoms with E-state index in [9.17, 15) is 9.50 Å². The highest BCUT2D eigenvalue weighted by atomic mass is 35.5. The molecule has 2 N–H and O–H groups in total. The van der Waals surface area contributed by atoms with E-state index in [2.05, 4.69) is 65.3 Å². The van der Waals surface area contributed by atoms with Crippen molar-refractivity contribution in [1.29, 1.82) is 0 Å². The van der Waals surface area contributed by atoms with Crippen LogP contribution in [0, 0.1) is 5.82 Å². The average molecular weight is 543 g/mol. The summed E-state index contributed by atoms with van der Waals surface area (Å²) in [5.74, 6) is -0.954. The summed E-state index contributed by atoms with van der Waals surface area (Å²) in [7, 11) is -2.70. The third-order valence-electron chi connectivity index (χ3n) is 6.02. The zero-order chi connectivity index (χ0) is 25.9. The van der Waals surface area contributed by atoms with E-state index in [0.29, 0.717) is 18.3 Å². The van der Waals surface area contributed by atoms with Gasteiger partial charge < -0.3 is 14.8 Å². The van der Waals surface area contributed by atoms with Crippen molar-refractivity contribution >= 4 is 58.8 Å². The first-order valence-corrected chi connectivity index (χ1v) is 15.0. The van der Waals surface area contributed by atoms with Crippen LogP contribution in [-0.2, 0) is 4.43 Å². The van der Waals surface area contributed by atoms with E-state index in [-0.39, 0.29) is 21.8 Å². The second-order valence-electron chi connectivity index (χ2n) is 9.26. The number of benzene rings is 2. The van der Waals surface area contributed by atoms with E-state index >= 15 is 0 Å². The molecule has 2 aromatic carbocycles. The highest BCUT2D eigenvalue weighted by Gasteiger charge is 2.50. The second-order valence-corrected chi connectivity index (χ2v) is 14.7. The molecule has 0 radical (unpaired) electrons. The molecule has 0 amide bonds. The first-order chi connectivity index (χ1) is 17.2. The molecule has 36 heavy (non-hydrogen) atoms. The molecule has 0 unspecified atom stereocenters. The maximum Gasteiger partial charge on any atom is 0.261 e. The van der Waals surface area contributed by atoms with Crippen molar-refractivity contribution in [2.24, 2.45) is 0 Å². The monoisotopic (exact) mass is 542 g/mol. The lowest BCUT2D eigenvalue weighted by Crippen LogP contribution is -2.66. The number of halogens is 2. The first-order valence-electron chi connectivity index (χ1n) is 11.5. The molecule has 0 fully saturated rings. The van der Waals surface area contributed by atoms with Crippen LogP contribution in [0.15, 0.2) is 65.8 Å². The predicted molar refractivity (Wildman–Crippen MR) is 148 cm³/mol. The summed E-state index contributed by atoms with van der Waals surface area (Å²) in [6.07, 6.45) is 1.79. The summed E-state index contributed by atoms with van der Waals surface area (Å²) in [6.45, 7) is 7.37. The molecule has 188 valence electrons. The Hall–Kier alpha value is -2.72. The number of anilines is 1. The zero-order valence-corrected chi connectivity index (χ0v) is 23.1. The van der Waals surface area contributed by atoms with Gasteiger partial charge in [-0.1, -0.05) is 105 Å². The van der Waals surface area contributed by atoms with Gasteiger partial charge in [0.1, 0.15) is 16.7 Å². The minimum absolute atomic E-state index is 0.0812. The largest absolute Gasteiger partial charge is 0.493 e. The van der Waals surface area contributed by atoms with Crippen molar-refractivity contribution < 1.29 is 13.9 Å². The summed E-state index contributed by atoms with van der Waals surface area (Å²) < 4.78 is 21.6. The van der Waals surface area contributed by atoms with E-state index in [1.165, 1.54) is 22.1 Å². The van der Waals surface area contributed by atoms with Crippen LogP contribution < -0.4 is 15.7 Å². The fraction of sp³-hybridized carbons (Fsp3) is 0.269. The van der Waals surface area contributed by atoms with Crippen LogP contribution in [0.4, 0.5) is 10.2 Å². The van der Waals surface area contributed by atoms with Crippen LogP contribution in [0.25, 0.3) is 10.9 Å². The molecule has 0 saturated heterocycles. The highest BCUT2D eigenvalue weighted by molar-refractivity contribution is 7.98. The van der Waals surface area contributed by atoms with Gasteiger partial charge in [-0.2, -0.15) is 4.98 Å². The maximum absolute atomic E-state index is 14.7. The number of fused-ring (bicyclic) bond motifs is 1. The Balaban J connectivity index is 1.67. The maximum atomic E-state index is 14.7. The van der Waals surface area contributed by atoms with E-state index in [0.717, 1.165) is 0 Å². The molecule has 0 aliphatic carbocycles. The second kappa shape index (κ2) is 10.7. The number of nitrogens with zero attached hydrogens (tertiary/aromatic N) is 3. The van der Waals surface area contributed by atoms with Gasteiger partial charge in [-0.3, -0.25) is 0 Å². The molecule has 0 aliphatic heterocycles. The SMILES string of the molecule is CSc1nc(NCCO[Si](c2ccccc2)(c2ccccc2)C(C)(C)C)c2c(O)nc(Cl)c(F)c2n1. The molecule has 0 atom stereocenters. The summed E-state index contributed by atoms with van der Waals surface area (Å²) in [4.78, 5) is 12.3. The first kappa shape index (κ1) is 26.3. The summed E-state index contributed by atoms with van der Waals surface area (Å²) in [5, 5.41) is 15.8. The number of hydrogen-bond donors (Lipinski definition) is 2. The van der Waals surface area contributed by atoms with Crippen molar-refractivity contribution in [2.75, 3.05) is 24.7 Å². The van der Waals surface area contributed by atoms with E-state index in [4.69, 9.17) is 16.0 Å². The molecular weight excluding hydrogens is 515 g/mol. The number of aromatic hydroxyl groups is 1. The van der Waals surface area contributed by atoms with Crippen LogP contribution in [-0.4, -0.2) is 47.8 Å². The predicted octanol–water partition coefficient (Wildman–Crippen LogP) is 5.23. The van der Waals surface area contributed by atoms with Gasteiger partial charge in [-0.25, -0.2) is 14.4 Å². The molecular formula is C26H28ClFN4O2SSi. The smallest absolute Gasteiger partial charge is 0.261 e. The van der Waals surface area contributed by atoms with Crippen molar-refractivity contribution in [2.45, 2.75) is 31.0 Å². The summed E-state index contributed by atoms with van der Waals surface area (Å²) >= 11 is 7.09. The van der Waals surface area contributed by atoms with Gasteiger partial charge in [0, 0.05) is 6.54 Å². The van der Waals surface area contributed by atoms with Crippen LogP contribution >= 0.6 is 23.4 Å². The Labute approximate surface area is 220 Å². The molecule has 0 aliphatic rings. The van der Waals surface area contributed by atoms with Gasteiger partial charge in [0.2, 0.25) is 5.88 Å². The highest BCUT2D eigenvalue weighted by Crippen LogP contribution is 2.37. The molecule has 4 rings (SSSR count). The average Bonchev–Trinajstić information content (AvgIpc) is 2.87. The molecule has 10 heteroatoms. The lowest BCUT2D eigenvalue weighted by Gasteiger charge is -2.43. The van der Waals surface area contributed by atoms with Crippen LogP contribution in [0.3, 0.4) is 0 Å². The quantitative estimate of drug-likeness (QED) is 0.104. The van der Waals surface area contributed by atoms with Gasteiger partial charge in [0.05, 0.1) is 6.61 Å². The molecule has 0 spiro atoms. The van der Waals surface area contributed by atoms with Gasteiger partial charge in [0.25, 0.3) is 8.32 Å². The van der Waals surface area contributed by atoms with Crippen molar-refractivity contribution in [1.82, 2.24) is 15.0 Å².